The van der Waals surface area contributed by atoms with E-state index in [9.17, 15) is 8.78 Å². The van der Waals surface area contributed by atoms with Crippen molar-refractivity contribution in [2.45, 2.75) is 25.8 Å². The highest BCUT2D eigenvalue weighted by atomic mass is 19.1. The van der Waals surface area contributed by atoms with Gasteiger partial charge in [-0.15, -0.1) is 0 Å². The third-order valence-corrected chi connectivity index (χ3v) is 4.29. The third kappa shape index (κ3) is 4.29. The minimum Gasteiger partial charge on any atom is -0.369 e. The number of benzene rings is 2. The van der Waals surface area contributed by atoms with Crippen molar-refractivity contribution in [2.75, 3.05) is 24.5 Å². The zero-order valence-electron chi connectivity index (χ0n) is 13.2. The van der Waals surface area contributed by atoms with Crippen LogP contribution in [0.15, 0.2) is 42.5 Å². The average Bonchev–Trinajstić information content (AvgIpc) is 3.09. The molecule has 0 unspecified atom stereocenters. The van der Waals surface area contributed by atoms with Gasteiger partial charge in [-0.2, -0.15) is 0 Å². The Hall–Kier alpha value is -1.94. The van der Waals surface area contributed by atoms with Crippen LogP contribution in [0.2, 0.25) is 0 Å². The smallest absolute Gasteiger partial charge is 0.146 e. The lowest BCUT2D eigenvalue weighted by atomic mass is 10.1. The maximum absolute atomic E-state index is 14.0. The van der Waals surface area contributed by atoms with Crippen LogP contribution in [0.1, 0.15) is 24.0 Å². The first-order chi connectivity index (χ1) is 11.2. The quantitative estimate of drug-likeness (QED) is 0.813. The number of halogens is 2. The fraction of sp³-hybridized carbons (Fsp3) is 0.368. The SMILES string of the molecule is Fc1ccc(CCNCc2ccc(F)c(N3CCCC3)c2)cc1. The van der Waals surface area contributed by atoms with Crippen molar-refractivity contribution in [3.63, 3.8) is 0 Å². The van der Waals surface area contributed by atoms with Gasteiger partial charge in [0.25, 0.3) is 0 Å². The van der Waals surface area contributed by atoms with Crippen LogP contribution in [0.25, 0.3) is 0 Å². The van der Waals surface area contributed by atoms with Gasteiger partial charge in [0.15, 0.2) is 0 Å². The van der Waals surface area contributed by atoms with Gasteiger partial charge in [0, 0.05) is 19.6 Å². The standard InChI is InChI=1S/C19H22F2N2/c20-17-6-3-15(4-7-17)9-10-22-14-16-5-8-18(21)19(13-16)23-11-1-2-12-23/h3-8,13,22H,1-2,9-12,14H2. The Morgan fingerprint density at radius 1 is 0.913 bits per heavy atom. The van der Waals surface area contributed by atoms with Crippen molar-refractivity contribution >= 4 is 5.69 Å². The summed E-state index contributed by atoms with van der Waals surface area (Å²) < 4.78 is 26.8. The van der Waals surface area contributed by atoms with Crippen LogP contribution in [-0.2, 0) is 13.0 Å². The van der Waals surface area contributed by atoms with E-state index in [1.54, 1.807) is 18.2 Å². The van der Waals surface area contributed by atoms with E-state index in [0.717, 1.165) is 55.7 Å². The summed E-state index contributed by atoms with van der Waals surface area (Å²) >= 11 is 0. The molecule has 0 aliphatic carbocycles. The molecule has 1 saturated heterocycles. The molecule has 23 heavy (non-hydrogen) atoms. The molecule has 1 heterocycles. The van der Waals surface area contributed by atoms with E-state index in [2.05, 4.69) is 10.2 Å². The Morgan fingerprint density at radius 2 is 1.61 bits per heavy atom. The molecular weight excluding hydrogens is 294 g/mol. The molecule has 0 radical (unpaired) electrons. The maximum Gasteiger partial charge on any atom is 0.146 e. The van der Waals surface area contributed by atoms with Gasteiger partial charge < -0.3 is 10.2 Å². The second kappa shape index (κ2) is 7.55. The molecule has 0 spiro atoms. The molecular formula is C19H22F2N2. The summed E-state index contributed by atoms with van der Waals surface area (Å²) in [5, 5.41) is 3.37. The molecule has 1 fully saturated rings. The van der Waals surface area contributed by atoms with E-state index < -0.39 is 0 Å². The molecule has 0 saturated carbocycles. The Balaban J connectivity index is 1.52. The van der Waals surface area contributed by atoms with Gasteiger partial charge in [-0.1, -0.05) is 18.2 Å². The molecule has 4 heteroatoms. The number of hydrogen-bond acceptors (Lipinski definition) is 2. The van der Waals surface area contributed by atoms with Gasteiger partial charge in [0.05, 0.1) is 5.69 Å². The van der Waals surface area contributed by atoms with Gasteiger partial charge in [-0.3, -0.25) is 0 Å². The van der Waals surface area contributed by atoms with E-state index in [1.807, 2.05) is 12.1 Å². The van der Waals surface area contributed by atoms with Gasteiger partial charge in [0.1, 0.15) is 11.6 Å². The minimum absolute atomic E-state index is 0.137. The molecule has 1 aliphatic rings. The fourth-order valence-corrected chi connectivity index (χ4v) is 2.99. The Morgan fingerprint density at radius 3 is 2.35 bits per heavy atom. The average molecular weight is 316 g/mol. The lowest BCUT2D eigenvalue weighted by Crippen LogP contribution is -2.20. The van der Waals surface area contributed by atoms with Crippen LogP contribution in [0.5, 0.6) is 0 Å². The van der Waals surface area contributed by atoms with E-state index >= 15 is 0 Å². The first kappa shape index (κ1) is 15.9. The topological polar surface area (TPSA) is 15.3 Å². The van der Waals surface area contributed by atoms with Crippen LogP contribution < -0.4 is 10.2 Å². The van der Waals surface area contributed by atoms with E-state index in [1.165, 1.54) is 12.1 Å². The Kier molecular flexibility index (Phi) is 5.23. The van der Waals surface area contributed by atoms with Crippen molar-refractivity contribution < 1.29 is 8.78 Å². The Bertz CT molecular complexity index is 634. The third-order valence-electron chi connectivity index (χ3n) is 4.29. The summed E-state index contributed by atoms with van der Waals surface area (Å²) in [6, 6.07) is 11.9. The number of nitrogens with zero attached hydrogens (tertiary/aromatic N) is 1. The molecule has 122 valence electrons. The minimum atomic E-state index is -0.206. The molecule has 1 N–H and O–H groups in total. The van der Waals surface area contributed by atoms with Crippen LogP contribution in [0.3, 0.4) is 0 Å². The zero-order valence-corrected chi connectivity index (χ0v) is 13.2. The highest BCUT2D eigenvalue weighted by Gasteiger charge is 2.16. The number of nitrogens with one attached hydrogen (secondary N) is 1. The molecule has 0 atom stereocenters. The van der Waals surface area contributed by atoms with Crippen molar-refractivity contribution in [3.05, 3.63) is 65.2 Å². The number of hydrogen-bond donors (Lipinski definition) is 1. The molecule has 2 aromatic carbocycles. The van der Waals surface area contributed by atoms with Gasteiger partial charge in [0.2, 0.25) is 0 Å². The highest BCUT2D eigenvalue weighted by molar-refractivity contribution is 5.50. The Labute approximate surface area is 136 Å². The van der Waals surface area contributed by atoms with E-state index in [0.29, 0.717) is 6.54 Å². The van der Waals surface area contributed by atoms with Crippen LogP contribution in [0.4, 0.5) is 14.5 Å². The van der Waals surface area contributed by atoms with E-state index in [-0.39, 0.29) is 11.6 Å². The first-order valence-electron chi connectivity index (χ1n) is 8.21. The highest BCUT2D eigenvalue weighted by Crippen LogP contribution is 2.24. The zero-order chi connectivity index (χ0) is 16.1. The molecule has 0 amide bonds. The van der Waals surface area contributed by atoms with Crippen LogP contribution in [0, 0.1) is 11.6 Å². The molecule has 0 aromatic heterocycles. The second-order valence-electron chi connectivity index (χ2n) is 6.03. The summed E-state index contributed by atoms with van der Waals surface area (Å²) in [5.41, 5.74) is 2.92. The molecule has 3 rings (SSSR count). The summed E-state index contributed by atoms with van der Waals surface area (Å²) in [5.74, 6) is -0.343. The maximum atomic E-state index is 14.0. The summed E-state index contributed by atoms with van der Waals surface area (Å²) in [6.07, 6.45) is 3.12. The molecule has 2 nitrogen and oxygen atoms in total. The molecule has 1 aliphatic heterocycles. The number of rotatable bonds is 6. The van der Waals surface area contributed by atoms with Crippen LogP contribution in [-0.4, -0.2) is 19.6 Å². The summed E-state index contributed by atoms with van der Waals surface area (Å²) in [6.45, 7) is 3.40. The van der Waals surface area contributed by atoms with Crippen molar-refractivity contribution in [2.24, 2.45) is 0 Å². The van der Waals surface area contributed by atoms with Crippen LogP contribution >= 0.6 is 0 Å². The van der Waals surface area contributed by atoms with Crippen molar-refractivity contribution in [1.29, 1.82) is 0 Å². The lowest BCUT2D eigenvalue weighted by molar-refractivity contribution is 0.619. The predicted molar refractivity (Wildman–Crippen MR) is 89.7 cm³/mol. The normalized spacial score (nSPS) is 14.4. The predicted octanol–water partition coefficient (Wildman–Crippen LogP) is 3.90. The fourth-order valence-electron chi connectivity index (χ4n) is 2.99. The summed E-state index contributed by atoms with van der Waals surface area (Å²) in [4.78, 5) is 2.12. The second-order valence-corrected chi connectivity index (χ2v) is 6.03. The van der Waals surface area contributed by atoms with Gasteiger partial charge >= 0.3 is 0 Å². The molecule has 0 bridgehead atoms. The van der Waals surface area contributed by atoms with Crippen molar-refractivity contribution in [1.82, 2.24) is 5.32 Å². The van der Waals surface area contributed by atoms with Gasteiger partial charge in [-0.25, -0.2) is 8.78 Å². The first-order valence-corrected chi connectivity index (χ1v) is 8.21. The van der Waals surface area contributed by atoms with Gasteiger partial charge in [-0.05, 0) is 61.2 Å². The summed E-state index contributed by atoms with van der Waals surface area (Å²) in [7, 11) is 0. The number of anilines is 1. The van der Waals surface area contributed by atoms with Crippen molar-refractivity contribution in [3.8, 4) is 0 Å². The molecule has 2 aromatic rings. The monoisotopic (exact) mass is 316 g/mol. The lowest BCUT2D eigenvalue weighted by Gasteiger charge is -2.19. The largest absolute Gasteiger partial charge is 0.369 e. The van der Waals surface area contributed by atoms with E-state index in [4.69, 9.17) is 0 Å².